The van der Waals surface area contributed by atoms with Crippen LogP contribution in [0.25, 0.3) is 0 Å². The summed E-state index contributed by atoms with van der Waals surface area (Å²) in [4.78, 5) is 14.6. The maximum Gasteiger partial charge on any atom is 0.261 e. The van der Waals surface area contributed by atoms with Gasteiger partial charge in [0.2, 0.25) is 0 Å². The van der Waals surface area contributed by atoms with Gasteiger partial charge in [-0.2, -0.15) is 0 Å². The van der Waals surface area contributed by atoms with Gasteiger partial charge in [0.15, 0.2) is 0 Å². The van der Waals surface area contributed by atoms with Crippen LogP contribution in [0.2, 0.25) is 0 Å². The Labute approximate surface area is 161 Å². The fourth-order valence-electron chi connectivity index (χ4n) is 2.49. The zero-order chi connectivity index (χ0) is 20.0. The summed E-state index contributed by atoms with van der Waals surface area (Å²) in [6.45, 7) is 5.14. The van der Waals surface area contributed by atoms with E-state index in [-0.39, 0.29) is 10.8 Å². The quantitative estimate of drug-likeness (QED) is 0.681. The number of hydrogen-bond acceptors (Lipinski definition) is 4. The lowest BCUT2D eigenvalue weighted by Gasteiger charge is -2.13. The van der Waals surface area contributed by atoms with Crippen LogP contribution in [0.4, 0.5) is 5.69 Å². The molecule has 0 fully saturated rings. The molecule has 2 N–H and O–H groups in total. The third-order valence-electron chi connectivity index (χ3n) is 4.14. The van der Waals surface area contributed by atoms with Gasteiger partial charge in [-0.05, 0) is 70.7 Å². The van der Waals surface area contributed by atoms with Crippen molar-refractivity contribution in [2.75, 3.05) is 31.9 Å². The van der Waals surface area contributed by atoms with Crippen LogP contribution in [0.1, 0.15) is 27.9 Å². The SMILES string of the molecule is Cc1ccc(S(=O)(=O)Nc2cc(C(=O)NCCCN(C)C)ccc2C)cc1. The van der Waals surface area contributed by atoms with Crippen LogP contribution in [-0.2, 0) is 10.0 Å². The van der Waals surface area contributed by atoms with E-state index >= 15 is 0 Å². The molecule has 0 aliphatic rings. The smallest absolute Gasteiger partial charge is 0.261 e. The molecule has 6 nitrogen and oxygen atoms in total. The molecule has 0 heterocycles. The van der Waals surface area contributed by atoms with Crippen molar-refractivity contribution in [3.63, 3.8) is 0 Å². The number of rotatable bonds is 8. The topological polar surface area (TPSA) is 78.5 Å². The molecule has 2 aromatic carbocycles. The van der Waals surface area contributed by atoms with Crippen molar-refractivity contribution < 1.29 is 13.2 Å². The Morgan fingerprint density at radius 3 is 2.33 bits per heavy atom. The number of carbonyl (C=O) groups excluding carboxylic acids is 1. The Bertz CT molecular complexity index is 891. The average Bonchev–Trinajstić information content (AvgIpc) is 2.60. The maximum absolute atomic E-state index is 12.6. The Hall–Kier alpha value is -2.38. The van der Waals surface area contributed by atoms with Crippen molar-refractivity contribution in [3.05, 3.63) is 59.2 Å². The first-order valence-corrected chi connectivity index (χ1v) is 10.3. The second-order valence-electron chi connectivity index (χ2n) is 6.86. The standard InChI is InChI=1S/C20H27N3O3S/c1-15-6-10-18(11-7-15)27(25,26)22-19-14-17(9-8-16(19)2)20(24)21-12-5-13-23(3)4/h6-11,14,22H,5,12-13H2,1-4H3,(H,21,24). The number of aryl methyl sites for hydroxylation is 2. The van der Waals surface area contributed by atoms with Gasteiger partial charge in [-0.1, -0.05) is 23.8 Å². The number of nitrogens with zero attached hydrogens (tertiary/aromatic N) is 1. The molecular weight excluding hydrogens is 362 g/mol. The summed E-state index contributed by atoms with van der Waals surface area (Å²) in [6.07, 6.45) is 0.845. The molecule has 0 bridgehead atoms. The molecule has 0 aliphatic heterocycles. The molecule has 0 radical (unpaired) electrons. The number of sulfonamides is 1. The van der Waals surface area contributed by atoms with Crippen LogP contribution in [0.5, 0.6) is 0 Å². The molecule has 0 unspecified atom stereocenters. The normalized spacial score (nSPS) is 11.4. The molecule has 7 heteroatoms. The van der Waals surface area contributed by atoms with Gasteiger partial charge in [-0.15, -0.1) is 0 Å². The van der Waals surface area contributed by atoms with Gasteiger partial charge >= 0.3 is 0 Å². The fraction of sp³-hybridized carbons (Fsp3) is 0.350. The predicted octanol–water partition coefficient (Wildman–Crippen LogP) is 2.79. The van der Waals surface area contributed by atoms with Gasteiger partial charge in [0.05, 0.1) is 10.6 Å². The molecule has 0 spiro atoms. The highest BCUT2D eigenvalue weighted by Gasteiger charge is 2.16. The number of hydrogen-bond donors (Lipinski definition) is 2. The zero-order valence-electron chi connectivity index (χ0n) is 16.2. The minimum absolute atomic E-state index is 0.186. The molecule has 0 aromatic heterocycles. The highest BCUT2D eigenvalue weighted by Crippen LogP contribution is 2.21. The van der Waals surface area contributed by atoms with E-state index in [2.05, 4.69) is 14.9 Å². The molecule has 0 aliphatic carbocycles. The van der Waals surface area contributed by atoms with Crippen LogP contribution in [-0.4, -0.2) is 46.4 Å². The van der Waals surface area contributed by atoms with Crippen LogP contribution in [0.3, 0.4) is 0 Å². The summed E-state index contributed by atoms with van der Waals surface area (Å²) in [5, 5.41) is 2.86. The minimum atomic E-state index is -3.71. The Morgan fingerprint density at radius 1 is 1.04 bits per heavy atom. The first-order chi connectivity index (χ1) is 12.7. The van der Waals surface area contributed by atoms with E-state index in [9.17, 15) is 13.2 Å². The zero-order valence-corrected chi connectivity index (χ0v) is 17.1. The number of anilines is 1. The lowest BCUT2D eigenvalue weighted by molar-refractivity contribution is 0.0952. The fourth-order valence-corrected chi connectivity index (χ4v) is 3.62. The van der Waals surface area contributed by atoms with Crippen LogP contribution >= 0.6 is 0 Å². The summed E-state index contributed by atoms with van der Waals surface area (Å²) in [5.41, 5.74) is 2.55. The van der Waals surface area contributed by atoms with Gasteiger partial charge in [-0.25, -0.2) is 8.42 Å². The minimum Gasteiger partial charge on any atom is -0.352 e. The molecule has 0 saturated heterocycles. The van der Waals surface area contributed by atoms with E-state index in [4.69, 9.17) is 0 Å². The summed E-state index contributed by atoms with van der Waals surface area (Å²) >= 11 is 0. The van der Waals surface area contributed by atoms with Crippen LogP contribution in [0.15, 0.2) is 47.4 Å². The molecule has 146 valence electrons. The number of benzene rings is 2. The van der Waals surface area contributed by atoms with E-state index < -0.39 is 10.0 Å². The summed E-state index contributed by atoms with van der Waals surface area (Å²) in [5.74, 6) is -0.218. The predicted molar refractivity (Wildman–Crippen MR) is 109 cm³/mol. The highest BCUT2D eigenvalue weighted by molar-refractivity contribution is 7.92. The Balaban J connectivity index is 2.12. The highest BCUT2D eigenvalue weighted by atomic mass is 32.2. The van der Waals surface area contributed by atoms with Crippen molar-refractivity contribution in [2.45, 2.75) is 25.2 Å². The number of carbonyl (C=O) groups is 1. The second-order valence-corrected chi connectivity index (χ2v) is 8.54. The largest absolute Gasteiger partial charge is 0.352 e. The van der Waals surface area contributed by atoms with Crippen molar-refractivity contribution in [1.29, 1.82) is 0 Å². The second kappa shape index (κ2) is 9.01. The van der Waals surface area contributed by atoms with E-state index in [1.165, 1.54) is 0 Å². The lowest BCUT2D eigenvalue weighted by atomic mass is 10.1. The maximum atomic E-state index is 12.6. The van der Waals surface area contributed by atoms with Gasteiger partial charge in [0.1, 0.15) is 0 Å². The number of nitrogens with one attached hydrogen (secondary N) is 2. The number of amides is 1. The molecule has 27 heavy (non-hydrogen) atoms. The first-order valence-electron chi connectivity index (χ1n) is 8.82. The average molecular weight is 390 g/mol. The molecule has 1 amide bonds. The van der Waals surface area contributed by atoms with E-state index in [0.29, 0.717) is 17.8 Å². The van der Waals surface area contributed by atoms with Crippen LogP contribution < -0.4 is 10.0 Å². The summed E-state index contributed by atoms with van der Waals surface area (Å²) in [6, 6.07) is 11.6. The van der Waals surface area contributed by atoms with Crippen LogP contribution in [0, 0.1) is 13.8 Å². The molecular formula is C20H27N3O3S. The van der Waals surface area contributed by atoms with Crippen molar-refractivity contribution in [2.24, 2.45) is 0 Å². The van der Waals surface area contributed by atoms with Crippen molar-refractivity contribution >= 4 is 21.6 Å². The molecule has 0 atom stereocenters. The Morgan fingerprint density at radius 2 is 1.70 bits per heavy atom. The third kappa shape index (κ3) is 6.08. The Kier molecular flexibility index (Phi) is 6.98. The summed E-state index contributed by atoms with van der Waals surface area (Å²) < 4.78 is 27.8. The van der Waals surface area contributed by atoms with E-state index in [1.807, 2.05) is 21.0 Å². The summed E-state index contributed by atoms with van der Waals surface area (Å²) in [7, 11) is 0.248. The van der Waals surface area contributed by atoms with Gasteiger partial charge < -0.3 is 10.2 Å². The molecule has 0 saturated carbocycles. The monoisotopic (exact) mass is 389 g/mol. The van der Waals surface area contributed by atoms with Crippen molar-refractivity contribution in [3.8, 4) is 0 Å². The van der Waals surface area contributed by atoms with Gasteiger partial charge in [0.25, 0.3) is 15.9 Å². The van der Waals surface area contributed by atoms with E-state index in [0.717, 1.165) is 24.1 Å². The van der Waals surface area contributed by atoms with Crippen molar-refractivity contribution in [1.82, 2.24) is 10.2 Å². The molecule has 2 rings (SSSR count). The van der Waals surface area contributed by atoms with E-state index in [1.54, 1.807) is 49.4 Å². The molecule has 2 aromatic rings. The lowest BCUT2D eigenvalue weighted by Crippen LogP contribution is -2.27. The van der Waals surface area contributed by atoms with Gasteiger partial charge in [0, 0.05) is 12.1 Å². The first kappa shape index (κ1) is 20.9. The van der Waals surface area contributed by atoms with Gasteiger partial charge in [-0.3, -0.25) is 9.52 Å². The third-order valence-corrected chi connectivity index (χ3v) is 5.52.